The molecule has 6 nitrogen and oxygen atoms in total. The van der Waals surface area contributed by atoms with E-state index < -0.39 is 5.54 Å². The molecule has 27 heavy (non-hydrogen) atoms. The number of nitrogens with zero attached hydrogens (tertiary/aromatic N) is 4. The molecule has 1 aromatic heterocycles. The molecule has 2 saturated heterocycles. The second-order valence-corrected chi connectivity index (χ2v) is 7.45. The van der Waals surface area contributed by atoms with Gasteiger partial charge in [-0.3, -0.25) is 9.48 Å². The van der Waals surface area contributed by atoms with Gasteiger partial charge in [0.2, 0.25) is 0 Å². The highest BCUT2D eigenvalue weighted by molar-refractivity contribution is 5.86. The van der Waals surface area contributed by atoms with Crippen molar-refractivity contribution in [2.45, 2.75) is 45.1 Å². The molecule has 0 unspecified atom stereocenters. The van der Waals surface area contributed by atoms with Gasteiger partial charge in [-0.05, 0) is 63.8 Å². The highest BCUT2D eigenvalue weighted by Crippen LogP contribution is 2.31. The quantitative estimate of drug-likeness (QED) is 0.768. The Morgan fingerprint density at radius 2 is 1.81 bits per heavy atom. The number of rotatable bonds is 6. The summed E-state index contributed by atoms with van der Waals surface area (Å²) in [5, 5.41) is 7.82. The maximum Gasteiger partial charge on any atom is 0.250 e. The van der Waals surface area contributed by atoms with Gasteiger partial charge >= 0.3 is 0 Å². The third-order valence-corrected chi connectivity index (χ3v) is 6.08. The minimum Gasteiger partial charge on any atom is -0.341 e. The van der Waals surface area contributed by atoms with E-state index in [1.807, 2.05) is 16.9 Å². The second kappa shape index (κ2) is 11.2. The predicted molar refractivity (Wildman–Crippen MR) is 114 cm³/mol. The fraction of sp³-hybridized carbons (Fsp3) is 0.789. The summed E-state index contributed by atoms with van der Waals surface area (Å²) in [6.45, 7) is 11.4. The van der Waals surface area contributed by atoms with Gasteiger partial charge in [0.05, 0.1) is 0 Å². The number of halogens is 2. The summed E-state index contributed by atoms with van der Waals surface area (Å²) in [6, 6.07) is 1.92. The summed E-state index contributed by atoms with van der Waals surface area (Å²) < 4.78 is 1.91. The van der Waals surface area contributed by atoms with Crippen LogP contribution >= 0.6 is 24.8 Å². The molecule has 2 aliphatic rings. The van der Waals surface area contributed by atoms with E-state index in [2.05, 4.69) is 34.1 Å². The molecule has 156 valence electrons. The molecule has 1 N–H and O–H groups in total. The van der Waals surface area contributed by atoms with E-state index in [1.54, 1.807) is 6.20 Å². The first-order chi connectivity index (χ1) is 12.2. The lowest BCUT2D eigenvalue weighted by Crippen LogP contribution is -2.57. The van der Waals surface area contributed by atoms with Crippen molar-refractivity contribution in [3.63, 3.8) is 0 Å². The molecular weight excluding hydrogens is 385 g/mol. The SMILES string of the molecule is CCN(CC)CC1CCN(C(=O)C2(n3cccn3)CCNCC2)CC1.Cl.Cl. The first-order valence-corrected chi connectivity index (χ1v) is 9.92. The van der Waals surface area contributed by atoms with Crippen LogP contribution in [0.4, 0.5) is 0 Å². The molecule has 0 spiro atoms. The number of carbonyl (C=O) groups is 1. The topological polar surface area (TPSA) is 53.4 Å². The number of likely N-dealkylation sites (tertiary alicyclic amines) is 1. The van der Waals surface area contributed by atoms with Crippen LogP contribution in [-0.4, -0.2) is 71.3 Å². The van der Waals surface area contributed by atoms with Crippen molar-refractivity contribution < 1.29 is 4.79 Å². The standard InChI is InChI=1S/C19H33N5O.2ClH/c1-3-22(4-2)16-17-6-14-23(15-7-17)18(25)19(8-11-20-12-9-19)24-13-5-10-21-24;;/h5,10,13,17,20H,3-4,6-9,11-12,14-16H2,1-2H3;2*1H. The van der Waals surface area contributed by atoms with Crippen LogP contribution in [0.15, 0.2) is 18.5 Å². The Morgan fingerprint density at radius 1 is 1.19 bits per heavy atom. The van der Waals surface area contributed by atoms with Crippen LogP contribution in [0, 0.1) is 5.92 Å². The largest absolute Gasteiger partial charge is 0.341 e. The number of hydrogen-bond acceptors (Lipinski definition) is 4. The molecular formula is C19H35Cl2N5O. The molecule has 0 aliphatic carbocycles. The van der Waals surface area contributed by atoms with Gasteiger partial charge in [-0.15, -0.1) is 24.8 Å². The minimum atomic E-state index is -0.486. The van der Waals surface area contributed by atoms with E-state index >= 15 is 0 Å². The number of nitrogens with one attached hydrogen (secondary N) is 1. The number of hydrogen-bond donors (Lipinski definition) is 1. The molecule has 3 heterocycles. The highest BCUT2D eigenvalue weighted by atomic mass is 35.5. The number of piperidine rings is 2. The van der Waals surface area contributed by atoms with E-state index in [4.69, 9.17) is 0 Å². The van der Waals surface area contributed by atoms with Crippen molar-refractivity contribution in [3.8, 4) is 0 Å². The number of amides is 1. The maximum atomic E-state index is 13.4. The van der Waals surface area contributed by atoms with Crippen LogP contribution in [-0.2, 0) is 10.3 Å². The van der Waals surface area contributed by atoms with Gasteiger partial charge in [0.1, 0.15) is 5.54 Å². The van der Waals surface area contributed by atoms with Gasteiger partial charge in [-0.1, -0.05) is 13.8 Å². The summed E-state index contributed by atoms with van der Waals surface area (Å²) in [6.07, 6.45) is 7.63. The third-order valence-electron chi connectivity index (χ3n) is 6.08. The van der Waals surface area contributed by atoms with Crippen molar-refractivity contribution in [3.05, 3.63) is 18.5 Å². The lowest BCUT2D eigenvalue weighted by atomic mass is 9.85. The maximum absolute atomic E-state index is 13.4. The van der Waals surface area contributed by atoms with Gasteiger partial charge in [-0.25, -0.2) is 0 Å². The smallest absolute Gasteiger partial charge is 0.250 e. The monoisotopic (exact) mass is 419 g/mol. The molecule has 1 aromatic rings. The van der Waals surface area contributed by atoms with E-state index in [1.165, 1.54) is 6.54 Å². The Hall–Kier alpha value is -0.820. The van der Waals surface area contributed by atoms with Crippen LogP contribution in [0.3, 0.4) is 0 Å². The lowest BCUT2D eigenvalue weighted by molar-refractivity contribution is -0.144. The summed E-state index contributed by atoms with van der Waals surface area (Å²) in [5.41, 5.74) is -0.486. The molecule has 0 radical (unpaired) electrons. The third kappa shape index (κ3) is 5.37. The van der Waals surface area contributed by atoms with Gasteiger partial charge in [-0.2, -0.15) is 5.10 Å². The van der Waals surface area contributed by atoms with Crippen LogP contribution in [0.2, 0.25) is 0 Å². The Morgan fingerprint density at radius 3 is 2.33 bits per heavy atom. The summed E-state index contributed by atoms with van der Waals surface area (Å²) in [5.74, 6) is 0.997. The van der Waals surface area contributed by atoms with Crippen molar-refractivity contribution in [1.29, 1.82) is 0 Å². The van der Waals surface area contributed by atoms with Crippen molar-refractivity contribution >= 4 is 30.7 Å². The fourth-order valence-electron chi connectivity index (χ4n) is 4.36. The molecule has 0 atom stereocenters. The number of carbonyl (C=O) groups excluding carboxylic acids is 1. The normalized spacial score (nSPS) is 20.0. The van der Waals surface area contributed by atoms with E-state index in [-0.39, 0.29) is 30.7 Å². The van der Waals surface area contributed by atoms with E-state index in [0.29, 0.717) is 0 Å². The van der Waals surface area contributed by atoms with Crippen molar-refractivity contribution in [1.82, 2.24) is 24.9 Å². The minimum absolute atomic E-state index is 0. The summed E-state index contributed by atoms with van der Waals surface area (Å²) in [4.78, 5) is 18.0. The van der Waals surface area contributed by atoms with Crippen LogP contribution < -0.4 is 5.32 Å². The van der Waals surface area contributed by atoms with Gasteiger partial charge in [0.15, 0.2) is 0 Å². The lowest BCUT2D eigenvalue weighted by Gasteiger charge is -2.42. The zero-order valence-corrected chi connectivity index (χ0v) is 18.2. The van der Waals surface area contributed by atoms with E-state index in [9.17, 15) is 4.79 Å². The Labute approximate surface area is 175 Å². The summed E-state index contributed by atoms with van der Waals surface area (Å²) >= 11 is 0. The molecule has 3 rings (SSSR count). The Balaban J connectivity index is 0.00000182. The Kier molecular flexibility index (Phi) is 10.1. The molecule has 0 aromatic carbocycles. The highest BCUT2D eigenvalue weighted by Gasteiger charge is 2.45. The molecule has 8 heteroatoms. The van der Waals surface area contributed by atoms with E-state index in [0.717, 1.165) is 70.9 Å². The van der Waals surface area contributed by atoms with Gasteiger partial charge < -0.3 is 15.1 Å². The molecule has 0 bridgehead atoms. The van der Waals surface area contributed by atoms with Crippen molar-refractivity contribution in [2.24, 2.45) is 5.92 Å². The van der Waals surface area contributed by atoms with Crippen LogP contribution in [0.1, 0.15) is 39.5 Å². The average Bonchev–Trinajstić information content (AvgIpc) is 3.22. The first-order valence-electron chi connectivity index (χ1n) is 9.92. The van der Waals surface area contributed by atoms with Gasteiger partial charge in [0.25, 0.3) is 5.91 Å². The number of aromatic nitrogens is 2. The zero-order chi connectivity index (χ0) is 17.7. The second-order valence-electron chi connectivity index (χ2n) is 7.45. The van der Waals surface area contributed by atoms with Crippen LogP contribution in [0.5, 0.6) is 0 Å². The van der Waals surface area contributed by atoms with Crippen LogP contribution in [0.25, 0.3) is 0 Å². The van der Waals surface area contributed by atoms with Gasteiger partial charge in [0, 0.05) is 32.0 Å². The first kappa shape index (κ1) is 24.2. The molecule has 2 aliphatic heterocycles. The molecule has 1 amide bonds. The fourth-order valence-corrected chi connectivity index (χ4v) is 4.36. The van der Waals surface area contributed by atoms with Crippen molar-refractivity contribution in [2.75, 3.05) is 45.8 Å². The predicted octanol–water partition coefficient (Wildman–Crippen LogP) is 2.39. The summed E-state index contributed by atoms with van der Waals surface area (Å²) in [7, 11) is 0. The molecule has 2 fully saturated rings. The average molecular weight is 420 g/mol. The zero-order valence-electron chi connectivity index (χ0n) is 16.6. The molecule has 0 saturated carbocycles. The Bertz CT molecular complexity index is 536.